The van der Waals surface area contributed by atoms with E-state index in [1.165, 1.54) is 0 Å². The lowest BCUT2D eigenvalue weighted by atomic mass is 10.1. The molecule has 0 aliphatic rings. The third-order valence-corrected chi connectivity index (χ3v) is 3.61. The zero-order chi connectivity index (χ0) is 16.1. The van der Waals surface area contributed by atoms with E-state index < -0.39 is 0 Å². The molecule has 2 aromatic carbocycles. The molecule has 0 atom stereocenters. The van der Waals surface area contributed by atoms with Crippen LogP contribution >= 0.6 is 0 Å². The Balaban J connectivity index is 2.25. The largest absolute Gasteiger partial charge is 0.496 e. The van der Waals surface area contributed by atoms with E-state index in [2.05, 4.69) is 0 Å². The van der Waals surface area contributed by atoms with Gasteiger partial charge in [-0.05, 0) is 24.6 Å². The lowest BCUT2D eigenvalue weighted by Gasteiger charge is -2.19. The molecule has 0 radical (unpaired) electrons. The van der Waals surface area contributed by atoms with Gasteiger partial charge in [0.25, 0.3) is 5.91 Å². The second-order valence-corrected chi connectivity index (χ2v) is 5.15. The topological polar surface area (TPSA) is 38.8 Å². The first-order valence-electron chi connectivity index (χ1n) is 7.08. The Morgan fingerprint density at radius 1 is 1.05 bits per heavy atom. The molecule has 0 aliphatic carbocycles. The molecular formula is C18H21NO3. The van der Waals surface area contributed by atoms with Crippen molar-refractivity contribution in [3.8, 4) is 11.5 Å². The number of hydrogen-bond donors (Lipinski definition) is 0. The SMILES string of the molecule is COc1cc(C(=O)N(C)Cc2ccccc2)cc(OC)c1C. The predicted octanol–water partition coefficient (Wildman–Crippen LogP) is 3.28. The summed E-state index contributed by atoms with van der Waals surface area (Å²) in [6.07, 6.45) is 0. The Bertz CT molecular complexity index is 628. The molecular weight excluding hydrogens is 278 g/mol. The maximum atomic E-state index is 12.6. The number of carbonyl (C=O) groups excluding carboxylic acids is 1. The van der Waals surface area contributed by atoms with Crippen LogP contribution in [0.5, 0.6) is 11.5 Å². The van der Waals surface area contributed by atoms with Crippen LogP contribution in [0.4, 0.5) is 0 Å². The molecule has 2 aromatic rings. The molecule has 0 heterocycles. The van der Waals surface area contributed by atoms with Crippen LogP contribution in [0.15, 0.2) is 42.5 Å². The number of amides is 1. The van der Waals surface area contributed by atoms with Crippen molar-refractivity contribution in [3.63, 3.8) is 0 Å². The van der Waals surface area contributed by atoms with Crippen molar-refractivity contribution in [2.24, 2.45) is 0 Å². The van der Waals surface area contributed by atoms with E-state index >= 15 is 0 Å². The van der Waals surface area contributed by atoms with E-state index in [9.17, 15) is 4.79 Å². The standard InChI is InChI=1S/C18H21NO3/c1-13-16(21-3)10-15(11-17(13)22-4)18(20)19(2)12-14-8-6-5-7-9-14/h5-11H,12H2,1-4H3. The molecule has 0 aliphatic heterocycles. The van der Waals surface area contributed by atoms with E-state index in [1.54, 1.807) is 38.3 Å². The van der Waals surface area contributed by atoms with Crippen LogP contribution < -0.4 is 9.47 Å². The Morgan fingerprint density at radius 2 is 1.59 bits per heavy atom. The van der Waals surface area contributed by atoms with Gasteiger partial charge in [-0.25, -0.2) is 0 Å². The number of rotatable bonds is 5. The van der Waals surface area contributed by atoms with Crippen molar-refractivity contribution in [1.29, 1.82) is 0 Å². The third-order valence-electron chi connectivity index (χ3n) is 3.61. The van der Waals surface area contributed by atoms with Gasteiger partial charge in [-0.3, -0.25) is 4.79 Å². The summed E-state index contributed by atoms with van der Waals surface area (Å²) in [6.45, 7) is 2.46. The minimum atomic E-state index is -0.0690. The molecule has 0 saturated carbocycles. The van der Waals surface area contributed by atoms with Gasteiger partial charge in [0.15, 0.2) is 0 Å². The maximum absolute atomic E-state index is 12.6. The van der Waals surface area contributed by atoms with E-state index in [4.69, 9.17) is 9.47 Å². The van der Waals surface area contributed by atoms with Crippen LogP contribution in [-0.2, 0) is 6.54 Å². The highest BCUT2D eigenvalue weighted by Crippen LogP contribution is 2.30. The second kappa shape index (κ2) is 6.98. The van der Waals surface area contributed by atoms with Crippen LogP contribution in [-0.4, -0.2) is 32.1 Å². The van der Waals surface area contributed by atoms with Crippen molar-refractivity contribution in [2.75, 3.05) is 21.3 Å². The quantitative estimate of drug-likeness (QED) is 0.850. The van der Waals surface area contributed by atoms with E-state index in [0.717, 1.165) is 11.1 Å². The summed E-state index contributed by atoms with van der Waals surface area (Å²) in [4.78, 5) is 14.3. The molecule has 0 spiro atoms. The molecule has 0 unspecified atom stereocenters. The summed E-state index contributed by atoms with van der Waals surface area (Å²) in [5, 5.41) is 0. The highest BCUT2D eigenvalue weighted by molar-refractivity contribution is 5.95. The Hall–Kier alpha value is -2.49. The van der Waals surface area contributed by atoms with Gasteiger partial charge in [-0.1, -0.05) is 30.3 Å². The number of nitrogens with zero attached hydrogens (tertiary/aromatic N) is 1. The van der Waals surface area contributed by atoms with Crippen molar-refractivity contribution in [3.05, 3.63) is 59.2 Å². The molecule has 0 N–H and O–H groups in total. The Morgan fingerprint density at radius 3 is 2.09 bits per heavy atom. The monoisotopic (exact) mass is 299 g/mol. The van der Waals surface area contributed by atoms with Crippen LogP contribution in [0.25, 0.3) is 0 Å². The van der Waals surface area contributed by atoms with Gasteiger partial charge in [0.05, 0.1) is 14.2 Å². The van der Waals surface area contributed by atoms with Gasteiger partial charge in [0, 0.05) is 24.7 Å². The van der Waals surface area contributed by atoms with Crippen molar-refractivity contribution in [2.45, 2.75) is 13.5 Å². The van der Waals surface area contributed by atoms with Crippen LogP contribution in [0.2, 0.25) is 0 Å². The summed E-state index contributed by atoms with van der Waals surface area (Å²) in [5.41, 5.74) is 2.52. The summed E-state index contributed by atoms with van der Waals surface area (Å²) in [5.74, 6) is 1.23. The molecule has 116 valence electrons. The van der Waals surface area contributed by atoms with Gasteiger partial charge in [0.1, 0.15) is 11.5 Å². The summed E-state index contributed by atoms with van der Waals surface area (Å²) in [6, 6.07) is 13.4. The zero-order valence-electron chi connectivity index (χ0n) is 13.4. The van der Waals surface area contributed by atoms with Crippen molar-refractivity contribution in [1.82, 2.24) is 4.90 Å². The number of benzene rings is 2. The van der Waals surface area contributed by atoms with Gasteiger partial charge >= 0.3 is 0 Å². The van der Waals surface area contributed by atoms with Crippen LogP contribution in [0.3, 0.4) is 0 Å². The first-order valence-corrected chi connectivity index (χ1v) is 7.08. The number of ether oxygens (including phenoxy) is 2. The van der Waals surface area contributed by atoms with Gasteiger partial charge in [-0.2, -0.15) is 0 Å². The summed E-state index contributed by atoms with van der Waals surface area (Å²) < 4.78 is 10.7. The molecule has 4 nitrogen and oxygen atoms in total. The molecule has 0 saturated heterocycles. The first kappa shape index (κ1) is 15.9. The minimum absolute atomic E-state index is 0.0690. The van der Waals surface area contributed by atoms with Crippen LogP contribution in [0, 0.1) is 6.92 Å². The zero-order valence-corrected chi connectivity index (χ0v) is 13.4. The Labute approximate surface area is 131 Å². The smallest absolute Gasteiger partial charge is 0.254 e. The van der Waals surface area contributed by atoms with Gasteiger partial charge < -0.3 is 14.4 Å². The molecule has 1 amide bonds. The van der Waals surface area contributed by atoms with Crippen molar-refractivity contribution >= 4 is 5.91 Å². The predicted molar refractivity (Wildman–Crippen MR) is 86.5 cm³/mol. The summed E-state index contributed by atoms with van der Waals surface area (Å²) in [7, 11) is 4.96. The normalized spacial score (nSPS) is 10.2. The van der Waals surface area contributed by atoms with Gasteiger partial charge in [-0.15, -0.1) is 0 Å². The average Bonchev–Trinajstić information content (AvgIpc) is 2.55. The average molecular weight is 299 g/mol. The fraction of sp³-hybridized carbons (Fsp3) is 0.278. The van der Waals surface area contributed by atoms with Gasteiger partial charge in [0.2, 0.25) is 0 Å². The first-order chi connectivity index (χ1) is 10.6. The number of methoxy groups -OCH3 is 2. The third kappa shape index (κ3) is 3.39. The lowest BCUT2D eigenvalue weighted by molar-refractivity contribution is 0.0784. The molecule has 2 rings (SSSR count). The van der Waals surface area contributed by atoms with E-state index in [0.29, 0.717) is 23.6 Å². The Kier molecular flexibility index (Phi) is 5.04. The molecule has 4 heteroatoms. The second-order valence-electron chi connectivity index (χ2n) is 5.15. The molecule has 0 bridgehead atoms. The molecule has 22 heavy (non-hydrogen) atoms. The van der Waals surface area contributed by atoms with E-state index in [-0.39, 0.29) is 5.91 Å². The molecule has 0 aromatic heterocycles. The summed E-state index contributed by atoms with van der Waals surface area (Å²) >= 11 is 0. The van der Waals surface area contributed by atoms with Crippen LogP contribution in [0.1, 0.15) is 21.5 Å². The highest BCUT2D eigenvalue weighted by atomic mass is 16.5. The van der Waals surface area contributed by atoms with Crippen molar-refractivity contribution < 1.29 is 14.3 Å². The highest BCUT2D eigenvalue weighted by Gasteiger charge is 2.17. The minimum Gasteiger partial charge on any atom is -0.496 e. The lowest BCUT2D eigenvalue weighted by Crippen LogP contribution is -2.26. The fourth-order valence-electron chi connectivity index (χ4n) is 2.36. The number of carbonyl (C=O) groups is 1. The number of hydrogen-bond acceptors (Lipinski definition) is 3. The fourth-order valence-corrected chi connectivity index (χ4v) is 2.36. The maximum Gasteiger partial charge on any atom is 0.254 e. The molecule has 0 fully saturated rings. The van der Waals surface area contributed by atoms with E-state index in [1.807, 2.05) is 37.3 Å².